The number of ether oxygens (including phenoxy) is 1. The quantitative estimate of drug-likeness (QED) is 0.434. The smallest absolute Gasteiger partial charge is 0.263 e. The summed E-state index contributed by atoms with van der Waals surface area (Å²) in [5.41, 5.74) is 2.91. The largest absolute Gasteiger partial charge is 0.494 e. The molecule has 2 aromatic carbocycles. The molecule has 0 unspecified atom stereocenters. The molecular weight excluding hydrogens is 392 g/mol. The van der Waals surface area contributed by atoms with E-state index in [1.807, 2.05) is 62.4 Å². The Morgan fingerprint density at radius 3 is 2.50 bits per heavy atom. The summed E-state index contributed by atoms with van der Waals surface area (Å²) in [6, 6.07) is 15.4. The number of thiophene rings is 1. The molecule has 0 amide bonds. The minimum absolute atomic E-state index is 0.0341. The van der Waals surface area contributed by atoms with Crippen LogP contribution in [0.1, 0.15) is 17.4 Å². The Kier molecular flexibility index (Phi) is 5.20. The van der Waals surface area contributed by atoms with Gasteiger partial charge in [0.2, 0.25) is 0 Å². The van der Waals surface area contributed by atoms with E-state index in [2.05, 4.69) is 4.98 Å². The van der Waals surface area contributed by atoms with Gasteiger partial charge in [0.1, 0.15) is 10.6 Å². The molecular formula is C22H19ClN2O2S. The van der Waals surface area contributed by atoms with Gasteiger partial charge in [0.15, 0.2) is 0 Å². The van der Waals surface area contributed by atoms with Gasteiger partial charge in [0.25, 0.3) is 5.56 Å². The molecule has 0 saturated carbocycles. The highest BCUT2D eigenvalue weighted by atomic mass is 35.5. The zero-order valence-corrected chi connectivity index (χ0v) is 17.2. The molecule has 4 rings (SSSR count). The van der Waals surface area contributed by atoms with Crippen LogP contribution in [0.5, 0.6) is 5.75 Å². The predicted octanol–water partition coefficient (Wildman–Crippen LogP) is 5.53. The zero-order chi connectivity index (χ0) is 19.7. The van der Waals surface area contributed by atoms with Crippen molar-refractivity contribution in [3.05, 3.63) is 80.7 Å². The molecule has 6 heteroatoms. The van der Waals surface area contributed by atoms with E-state index in [0.717, 1.165) is 32.1 Å². The highest BCUT2D eigenvalue weighted by Crippen LogP contribution is 2.36. The van der Waals surface area contributed by atoms with Crippen LogP contribution in [-0.2, 0) is 6.54 Å². The van der Waals surface area contributed by atoms with E-state index in [9.17, 15) is 4.79 Å². The molecule has 4 nitrogen and oxygen atoms in total. The second-order valence-electron chi connectivity index (χ2n) is 6.47. The van der Waals surface area contributed by atoms with Crippen molar-refractivity contribution in [2.24, 2.45) is 0 Å². The number of halogens is 1. The van der Waals surface area contributed by atoms with Crippen molar-refractivity contribution in [3.8, 4) is 16.9 Å². The fourth-order valence-corrected chi connectivity index (χ4v) is 4.40. The number of aromatic nitrogens is 2. The van der Waals surface area contributed by atoms with Crippen molar-refractivity contribution in [2.75, 3.05) is 6.61 Å². The van der Waals surface area contributed by atoms with Crippen LogP contribution in [0.25, 0.3) is 21.3 Å². The first-order valence-corrected chi connectivity index (χ1v) is 10.2. The van der Waals surface area contributed by atoms with Crippen LogP contribution in [0.2, 0.25) is 5.02 Å². The van der Waals surface area contributed by atoms with E-state index in [1.54, 1.807) is 22.2 Å². The fraction of sp³-hybridized carbons (Fsp3) is 0.182. The van der Waals surface area contributed by atoms with Gasteiger partial charge in [-0.15, -0.1) is 11.3 Å². The fourth-order valence-electron chi connectivity index (χ4n) is 3.27. The number of rotatable bonds is 5. The Bertz CT molecular complexity index is 1180. The molecule has 142 valence electrons. The number of benzene rings is 2. The first-order chi connectivity index (χ1) is 13.6. The lowest BCUT2D eigenvalue weighted by Gasteiger charge is -2.08. The van der Waals surface area contributed by atoms with E-state index in [4.69, 9.17) is 16.3 Å². The normalized spacial score (nSPS) is 11.1. The summed E-state index contributed by atoms with van der Waals surface area (Å²) in [6.45, 7) is 5.07. The van der Waals surface area contributed by atoms with Gasteiger partial charge in [0.05, 0.1) is 24.9 Å². The molecule has 0 atom stereocenters. The summed E-state index contributed by atoms with van der Waals surface area (Å²) in [6.07, 6.45) is 1.62. The number of nitrogens with zero attached hydrogens (tertiary/aromatic N) is 2. The van der Waals surface area contributed by atoms with Gasteiger partial charge in [-0.3, -0.25) is 9.36 Å². The number of fused-ring (bicyclic) bond motifs is 1. The van der Waals surface area contributed by atoms with Crippen LogP contribution in [0.3, 0.4) is 0 Å². The zero-order valence-electron chi connectivity index (χ0n) is 15.6. The summed E-state index contributed by atoms with van der Waals surface area (Å²) in [5.74, 6) is 0.821. The summed E-state index contributed by atoms with van der Waals surface area (Å²) in [7, 11) is 0. The van der Waals surface area contributed by atoms with Crippen LogP contribution >= 0.6 is 22.9 Å². The Morgan fingerprint density at radius 1 is 1.11 bits per heavy atom. The SMILES string of the molecule is CCOc1ccc(-c2c(C)sc3ncn(Cc4ccc(Cl)cc4)c(=O)c23)cc1. The Balaban J connectivity index is 1.80. The summed E-state index contributed by atoms with van der Waals surface area (Å²) < 4.78 is 7.18. The molecule has 0 bridgehead atoms. The number of aryl methyl sites for hydroxylation is 1. The first-order valence-electron chi connectivity index (χ1n) is 9.03. The predicted molar refractivity (Wildman–Crippen MR) is 116 cm³/mol. The average molecular weight is 411 g/mol. The van der Waals surface area contributed by atoms with E-state index >= 15 is 0 Å². The lowest BCUT2D eigenvalue weighted by molar-refractivity contribution is 0.340. The molecule has 0 radical (unpaired) electrons. The van der Waals surface area contributed by atoms with Crippen molar-refractivity contribution in [2.45, 2.75) is 20.4 Å². The monoisotopic (exact) mass is 410 g/mol. The molecule has 4 aromatic rings. The van der Waals surface area contributed by atoms with E-state index < -0.39 is 0 Å². The maximum atomic E-state index is 13.3. The van der Waals surface area contributed by atoms with Crippen LogP contribution in [-0.4, -0.2) is 16.2 Å². The van der Waals surface area contributed by atoms with Gasteiger partial charge >= 0.3 is 0 Å². The average Bonchev–Trinajstić information content (AvgIpc) is 3.03. The third-order valence-electron chi connectivity index (χ3n) is 4.57. The molecule has 2 heterocycles. The van der Waals surface area contributed by atoms with Crippen molar-refractivity contribution in [3.63, 3.8) is 0 Å². The standard InChI is InChI=1S/C22H19ClN2O2S/c1-3-27-18-10-6-16(7-11-18)19-14(2)28-21-20(19)22(26)25(13-24-21)12-15-4-8-17(23)9-5-15/h4-11,13H,3,12H2,1-2H3. The van der Waals surface area contributed by atoms with Crippen LogP contribution < -0.4 is 10.3 Å². The van der Waals surface area contributed by atoms with Crippen LogP contribution in [0, 0.1) is 6.92 Å². The van der Waals surface area contributed by atoms with Gasteiger partial charge in [-0.05, 0) is 49.2 Å². The molecule has 0 fully saturated rings. The molecule has 0 saturated heterocycles. The Labute approximate surface area is 172 Å². The molecule has 0 aliphatic carbocycles. The second-order valence-corrected chi connectivity index (χ2v) is 8.11. The molecule has 0 aliphatic heterocycles. The van der Waals surface area contributed by atoms with E-state index in [1.165, 1.54) is 0 Å². The number of hydrogen-bond donors (Lipinski definition) is 0. The van der Waals surface area contributed by atoms with Crippen LogP contribution in [0.15, 0.2) is 59.7 Å². The minimum atomic E-state index is -0.0341. The van der Waals surface area contributed by atoms with Gasteiger partial charge in [-0.25, -0.2) is 4.98 Å². The summed E-state index contributed by atoms with van der Waals surface area (Å²) in [5, 5.41) is 1.35. The Hall–Kier alpha value is -2.63. The lowest BCUT2D eigenvalue weighted by atomic mass is 10.0. The summed E-state index contributed by atoms with van der Waals surface area (Å²) in [4.78, 5) is 19.6. The third kappa shape index (κ3) is 3.55. The highest BCUT2D eigenvalue weighted by molar-refractivity contribution is 7.19. The van der Waals surface area contributed by atoms with Crippen molar-refractivity contribution in [1.82, 2.24) is 9.55 Å². The molecule has 28 heavy (non-hydrogen) atoms. The second kappa shape index (κ2) is 7.78. The Morgan fingerprint density at radius 2 is 1.82 bits per heavy atom. The van der Waals surface area contributed by atoms with Gasteiger partial charge in [-0.2, -0.15) is 0 Å². The van der Waals surface area contributed by atoms with E-state index in [-0.39, 0.29) is 5.56 Å². The third-order valence-corrected chi connectivity index (χ3v) is 5.84. The molecule has 0 spiro atoms. The maximum Gasteiger partial charge on any atom is 0.263 e. The van der Waals surface area contributed by atoms with Crippen molar-refractivity contribution >= 4 is 33.2 Å². The van der Waals surface area contributed by atoms with Crippen molar-refractivity contribution < 1.29 is 4.74 Å². The van der Waals surface area contributed by atoms with Crippen molar-refractivity contribution in [1.29, 1.82) is 0 Å². The highest BCUT2D eigenvalue weighted by Gasteiger charge is 2.17. The first kappa shape index (κ1) is 18.7. The lowest BCUT2D eigenvalue weighted by Crippen LogP contribution is -2.21. The minimum Gasteiger partial charge on any atom is -0.494 e. The topological polar surface area (TPSA) is 44.1 Å². The van der Waals surface area contributed by atoms with Crippen LogP contribution in [0.4, 0.5) is 0 Å². The van der Waals surface area contributed by atoms with Gasteiger partial charge < -0.3 is 4.74 Å². The molecule has 0 N–H and O–H groups in total. The number of hydrogen-bond acceptors (Lipinski definition) is 4. The molecule has 0 aliphatic rings. The van der Waals surface area contributed by atoms with Gasteiger partial charge in [0, 0.05) is 15.5 Å². The summed E-state index contributed by atoms with van der Waals surface area (Å²) >= 11 is 7.50. The van der Waals surface area contributed by atoms with Gasteiger partial charge in [-0.1, -0.05) is 35.9 Å². The van der Waals surface area contributed by atoms with E-state index in [0.29, 0.717) is 23.6 Å². The molecule has 2 aromatic heterocycles. The maximum absolute atomic E-state index is 13.3.